The van der Waals surface area contributed by atoms with Gasteiger partial charge in [0.1, 0.15) is 5.60 Å². The lowest BCUT2D eigenvalue weighted by molar-refractivity contribution is 0.0663. The molecule has 2 heteroatoms. The van der Waals surface area contributed by atoms with Crippen LogP contribution in [0.25, 0.3) is 0 Å². The van der Waals surface area contributed by atoms with Gasteiger partial charge in [0, 0.05) is 25.6 Å². The van der Waals surface area contributed by atoms with Crippen molar-refractivity contribution in [1.82, 2.24) is 4.90 Å². The summed E-state index contributed by atoms with van der Waals surface area (Å²) in [4.78, 5) is 2.35. The summed E-state index contributed by atoms with van der Waals surface area (Å²) in [6, 6.07) is 0.692. The molecule has 2 fully saturated rings. The van der Waals surface area contributed by atoms with E-state index >= 15 is 0 Å². The third-order valence-corrected chi connectivity index (χ3v) is 3.41. The summed E-state index contributed by atoms with van der Waals surface area (Å²) < 4.78 is 0. The molecule has 13 heavy (non-hydrogen) atoms. The highest BCUT2D eigenvalue weighted by Gasteiger charge is 2.40. The van der Waals surface area contributed by atoms with E-state index < -0.39 is 5.60 Å². The fourth-order valence-electron chi connectivity index (χ4n) is 2.41. The molecule has 0 aromatic carbocycles. The van der Waals surface area contributed by atoms with Gasteiger partial charge in [0.05, 0.1) is 0 Å². The molecule has 2 nitrogen and oxygen atoms in total. The number of rotatable bonds is 1. The molecular weight excluding hydrogens is 162 g/mol. The summed E-state index contributed by atoms with van der Waals surface area (Å²) >= 11 is 0. The lowest BCUT2D eigenvalue weighted by Crippen LogP contribution is -2.44. The van der Waals surface area contributed by atoms with Crippen molar-refractivity contribution in [2.24, 2.45) is 5.92 Å². The second-order valence-electron chi connectivity index (χ2n) is 4.63. The molecule has 0 spiro atoms. The topological polar surface area (TPSA) is 23.5 Å². The minimum absolute atomic E-state index is 0.681. The average Bonchev–Trinajstić information content (AvgIpc) is 2.43. The molecule has 0 aromatic rings. The maximum atomic E-state index is 9.83. The summed E-state index contributed by atoms with van der Waals surface area (Å²) in [5.41, 5.74) is -0.834. The Balaban J connectivity index is 1.89. The molecule has 1 aliphatic carbocycles. The van der Waals surface area contributed by atoms with E-state index in [4.69, 9.17) is 6.42 Å². The summed E-state index contributed by atoms with van der Waals surface area (Å²) in [6.07, 6.45) is 8.59. The number of β-amino-alcohol motifs (C(OH)–C–C–N with tert-alkyl or cyclic N) is 1. The number of terminal acetylenes is 1. The molecule has 1 heterocycles. The molecule has 1 saturated carbocycles. The lowest BCUT2D eigenvalue weighted by atomic mass is 9.81. The number of hydrogen-bond donors (Lipinski definition) is 1. The van der Waals surface area contributed by atoms with E-state index in [1.807, 2.05) is 0 Å². The van der Waals surface area contributed by atoms with Crippen LogP contribution in [0, 0.1) is 18.3 Å². The van der Waals surface area contributed by atoms with Gasteiger partial charge in [-0.1, -0.05) is 12.8 Å². The van der Waals surface area contributed by atoms with Gasteiger partial charge in [0.25, 0.3) is 0 Å². The third-order valence-electron chi connectivity index (χ3n) is 3.41. The Kier molecular flexibility index (Phi) is 2.09. The maximum Gasteiger partial charge on any atom is 0.139 e. The van der Waals surface area contributed by atoms with Gasteiger partial charge in [-0.3, -0.25) is 4.90 Å². The van der Waals surface area contributed by atoms with Crippen molar-refractivity contribution in [3.05, 3.63) is 0 Å². The first kappa shape index (κ1) is 9.05. The van der Waals surface area contributed by atoms with Crippen LogP contribution in [0.5, 0.6) is 0 Å². The van der Waals surface area contributed by atoms with Crippen LogP contribution in [-0.2, 0) is 0 Å². The van der Waals surface area contributed by atoms with E-state index in [0.717, 1.165) is 18.9 Å². The molecule has 2 rings (SSSR count). The lowest BCUT2D eigenvalue weighted by Gasteiger charge is -2.39. The van der Waals surface area contributed by atoms with Crippen molar-refractivity contribution in [2.45, 2.75) is 37.8 Å². The Hall–Kier alpha value is -0.520. The highest BCUT2D eigenvalue weighted by Crippen LogP contribution is 2.35. The molecule has 2 aliphatic rings. The van der Waals surface area contributed by atoms with Gasteiger partial charge in [0.2, 0.25) is 0 Å². The van der Waals surface area contributed by atoms with Crippen molar-refractivity contribution in [2.75, 3.05) is 13.1 Å². The van der Waals surface area contributed by atoms with Crippen LogP contribution in [0.15, 0.2) is 0 Å². The zero-order valence-corrected chi connectivity index (χ0v) is 8.16. The minimum Gasteiger partial charge on any atom is -0.376 e. The van der Waals surface area contributed by atoms with Gasteiger partial charge in [0.15, 0.2) is 0 Å². The van der Waals surface area contributed by atoms with Crippen molar-refractivity contribution in [1.29, 1.82) is 0 Å². The average molecular weight is 179 g/mol. The van der Waals surface area contributed by atoms with Crippen LogP contribution in [0.4, 0.5) is 0 Å². The second kappa shape index (κ2) is 3.01. The number of likely N-dealkylation sites (tertiary alicyclic amines) is 1. The molecule has 1 atom stereocenters. The quantitative estimate of drug-likeness (QED) is 0.603. The van der Waals surface area contributed by atoms with Gasteiger partial charge < -0.3 is 5.11 Å². The highest BCUT2D eigenvalue weighted by atomic mass is 16.3. The van der Waals surface area contributed by atoms with Gasteiger partial charge >= 0.3 is 0 Å². The van der Waals surface area contributed by atoms with Crippen LogP contribution >= 0.6 is 0 Å². The van der Waals surface area contributed by atoms with E-state index in [0.29, 0.717) is 12.6 Å². The normalized spacial score (nSPS) is 45.6. The number of aliphatic hydroxyl groups is 1. The SMILES string of the molecule is C#CC1(O)CCN(C2CC(C)C2)C1. The van der Waals surface area contributed by atoms with Gasteiger partial charge in [-0.05, 0) is 18.8 Å². The first-order valence-electron chi connectivity index (χ1n) is 5.07. The Morgan fingerprint density at radius 1 is 1.54 bits per heavy atom. The number of nitrogens with zero attached hydrogens (tertiary/aromatic N) is 1. The molecule has 1 aliphatic heterocycles. The fraction of sp³-hybridized carbons (Fsp3) is 0.818. The molecule has 1 N–H and O–H groups in total. The molecule has 0 bridgehead atoms. The number of hydrogen-bond acceptors (Lipinski definition) is 2. The van der Waals surface area contributed by atoms with Crippen molar-refractivity contribution < 1.29 is 5.11 Å². The third kappa shape index (κ3) is 1.59. The standard InChI is InChI=1S/C11H17NO/c1-3-11(13)4-5-12(8-11)10-6-9(2)7-10/h1,9-10,13H,4-8H2,2H3. The van der Waals surface area contributed by atoms with E-state index in [1.54, 1.807) is 0 Å². The molecular formula is C11H17NO. The molecule has 0 aromatic heterocycles. The largest absolute Gasteiger partial charge is 0.376 e. The van der Waals surface area contributed by atoms with Crippen LogP contribution in [-0.4, -0.2) is 34.7 Å². The van der Waals surface area contributed by atoms with Crippen LogP contribution in [0.3, 0.4) is 0 Å². The van der Waals surface area contributed by atoms with Gasteiger partial charge in [-0.15, -0.1) is 6.42 Å². The zero-order valence-electron chi connectivity index (χ0n) is 8.16. The summed E-state index contributed by atoms with van der Waals surface area (Å²) in [5, 5.41) is 9.83. The van der Waals surface area contributed by atoms with Gasteiger partial charge in [-0.2, -0.15) is 0 Å². The highest BCUT2D eigenvalue weighted by molar-refractivity contribution is 5.13. The molecule has 72 valence electrons. The second-order valence-corrected chi connectivity index (χ2v) is 4.63. The first-order chi connectivity index (χ1) is 6.13. The fourth-order valence-corrected chi connectivity index (χ4v) is 2.41. The van der Waals surface area contributed by atoms with Crippen LogP contribution < -0.4 is 0 Å². The predicted octanol–water partition coefficient (Wildman–Crippen LogP) is 0.855. The van der Waals surface area contributed by atoms with Crippen LogP contribution in [0.2, 0.25) is 0 Å². The zero-order chi connectivity index (χ0) is 9.47. The maximum absolute atomic E-state index is 9.83. The van der Waals surface area contributed by atoms with E-state index in [-0.39, 0.29) is 0 Å². The Bertz CT molecular complexity index is 239. The first-order valence-corrected chi connectivity index (χ1v) is 5.07. The van der Waals surface area contributed by atoms with E-state index in [1.165, 1.54) is 12.8 Å². The van der Waals surface area contributed by atoms with Crippen LogP contribution in [0.1, 0.15) is 26.2 Å². The molecule has 0 radical (unpaired) electrons. The molecule has 1 unspecified atom stereocenters. The van der Waals surface area contributed by atoms with Crippen molar-refractivity contribution in [3.8, 4) is 12.3 Å². The minimum atomic E-state index is -0.834. The van der Waals surface area contributed by atoms with E-state index in [9.17, 15) is 5.11 Å². The van der Waals surface area contributed by atoms with Gasteiger partial charge in [-0.25, -0.2) is 0 Å². The summed E-state index contributed by atoms with van der Waals surface area (Å²) in [7, 11) is 0. The Morgan fingerprint density at radius 2 is 2.23 bits per heavy atom. The summed E-state index contributed by atoms with van der Waals surface area (Å²) in [6.45, 7) is 3.93. The van der Waals surface area contributed by atoms with E-state index in [2.05, 4.69) is 17.7 Å². The molecule has 0 amide bonds. The van der Waals surface area contributed by atoms with Crippen molar-refractivity contribution in [3.63, 3.8) is 0 Å². The smallest absolute Gasteiger partial charge is 0.139 e. The Morgan fingerprint density at radius 3 is 2.69 bits per heavy atom. The monoisotopic (exact) mass is 179 g/mol. The Labute approximate surface area is 79.9 Å². The predicted molar refractivity (Wildman–Crippen MR) is 52.2 cm³/mol. The summed E-state index contributed by atoms with van der Waals surface area (Å²) in [5.74, 6) is 3.36. The molecule has 1 saturated heterocycles. The van der Waals surface area contributed by atoms with Crippen molar-refractivity contribution >= 4 is 0 Å².